The highest BCUT2D eigenvalue weighted by Crippen LogP contribution is 2.29. The summed E-state index contributed by atoms with van der Waals surface area (Å²) in [6.45, 7) is 4.69. The summed E-state index contributed by atoms with van der Waals surface area (Å²) in [6.07, 6.45) is 2.30. The fourth-order valence-corrected chi connectivity index (χ4v) is 3.59. The predicted molar refractivity (Wildman–Crippen MR) is 107 cm³/mol. The monoisotopic (exact) mass is 412 g/mol. The SMILES string of the molecule is CC(C)c1ccc(NC(=O)OC2COC3C(NC(=O)c4cncnc4)COC23)cc1. The van der Waals surface area contributed by atoms with Crippen molar-refractivity contribution in [1.29, 1.82) is 0 Å². The van der Waals surface area contributed by atoms with Crippen molar-refractivity contribution >= 4 is 17.7 Å². The van der Waals surface area contributed by atoms with Crippen molar-refractivity contribution in [2.24, 2.45) is 0 Å². The van der Waals surface area contributed by atoms with E-state index in [-0.39, 0.29) is 31.3 Å². The van der Waals surface area contributed by atoms with E-state index in [2.05, 4.69) is 34.4 Å². The van der Waals surface area contributed by atoms with E-state index in [1.807, 2.05) is 24.3 Å². The Labute approximate surface area is 174 Å². The second kappa shape index (κ2) is 8.76. The van der Waals surface area contributed by atoms with Gasteiger partial charge >= 0.3 is 6.09 Å². The molecule has 2 saturated heterocycles. The average molecular weight is 412 g/mol. The molecule has 2 aliphatic heterocycles. The maximum atomic E-state index is 12.3. The molecule has 2 N–H and O–H groups in total. The van der Waals surface area contributed by atoms with Crippen LogP contribution in [0.4, 0.5) is 10.5 Å². The minimum atomic E-state index is -0.570. The van der Waals surface area contributed by atoms with Crippen LogP contribution in [0, 0.1) is 0 Å². The highest BCUT2D eigenvalue weighted by Gasteiger charge is 2.50. The lowest BCUT2D eigenvalue weighted by molar-refractivity contribution is 0.00862. The Balaban J connectivity index is 1.30. The topological polar surface area (TPSA) is 112 Å². The van der Waals surface area contributed by atoms with Gasteiger partial charge in [-0.05, 0) is 23.6 Å². The number of carbonyl (C=O) groups is 2. The van der Waals surface area contributed by atoms with Crippen LogP contribution in [0.25, 0.3) is 0 Å². The van der Waals surface area contributed by atoms with E-state index in [1.165, 1.54) is 24.3 Å². The van der Waals surface area contributed by atoms with Gasteiger partial charge in [0.05, 0.1) is 24.8 Å². The molecule has 2 aliphatic rings. The van der Waals surface area contributed by atoms with Gasteiger partial charge in [0, 0.05) is 18.1 Å². The molecule has 4 rings (SSSR count). The number of nitrogens with zero attached hydrogens (tertiary/aromatic N) is 2. The summed E-state index contributed by atoms with van der Waals surface area (Å²) in [5.74, 6) is 0.112. The molecule has 0 spiro atoms. The number of hydrogen-bond donors (Lipinski definition) is 2. The zero-order chi connectivity index (χ0) is 21.1. The average Bonchev–Trinajstić information content (AvgIpc) is 3.32. The van der Waals surface area contributed by atoms with E-state index in [9.17, 15) is 9.59 Å². The summed E-state index contributed by atoms with van der Waals surface area (Å²) in [5.41, 5.74) is 2.20. The van der Waals surface area contributed by atoms with E-state index >= 15 is 0 Å². The summed E-state index contributed by atoms with van der Waals surface area (Å²) in [4.78, 5) is 32.3. The van der Waals surface area contributed by atoms with Crippen LogP contribution in [0.3, 0.4) is 0 Å². The van der Waals surface area contributed by atoms with E-state index in [0.29, 0.717) is 17.2 Å². The number of nitrogens with one attached hydrogen (secondary N) is 2. The molecule has 4 atom stereocenters. The maximum Gasteiger partial charge on any atom is 0.412 e. The smallest absolute Gasteiger partial charge is 0.412 e. The molecule has 30 heavy (non-hydrogen) atoms. The molecular formula is C21H24N4O5. The van der Waals surface area contributed by atoms with E-state index in [1.54, 1.807) is 0 Å². The normalized spacial score (nSPS) is 25.0. The Morgan fingerprint density at radius 3 is 2.47 bits per heavy atom. The fourth-order valence-electron chi connectivity index (χ4n) is 3.59. The number of hydrogen-bond acceptors (Lipinski definition) is 7. The zero-order valence-electron chi connectivity index (χ0n) is 16.8. The molecule has 0 aliphatic carbocycles. The largest absolute Gasteiger partial charge is 0.441 e. The second-order valence-electron chi connectivity index (χ2n) is 7.65. The number of fused-ring (bicyclic) bond motifs is 1. The third-order valence-electron chi connectivity index (χ3n) is 5.23. The van der Waals surface area contributed by atoms with E-state index < -0.39 is 18.3 Å². The predicted octanol–water partition coefficient (Wildman–Crippen LogP) is 2.11. The maximum absolute atomic E-state index is 12.3. The molecule has 1 aromatic carbocycles. The van der Waals surface area contributed by atoms with Crippen molar-refractivity contribution in [2.75, 3.05) is 18.5 Å². The van der Waals surface area contributed by atoms with Crippen LogP contribution in [0.1, 0.15) is 35.7 Å². The van der Waals surface area contributed by atoms with Crippen LogP contribution in [-0.2, 0) is 14.2 Å². The molecular weight excluding hydrogens is 388 g/mol. The first kappa shape index (κ1) is 20.2. The first-order valence-corrected chi connectivity index (χ1v) is 9.88. The van der Waals surface area contributed by atoms with Crippen molar-refractivity contribution in [3.05, 3.63) is 54.1 Å². The number of amides is 2. The summed E-state index contributed by atoms with van der Waals surface area (Å²) in [6, 6.07) is 7.29. The summed E-state index contributed by atoms with van der Waals surface area (Å²) >= 11 is 0. The first-order chi connectivity index (χ1) is 14.5. The molecule has 2 fully saturated rings. The molecule has 0 radical (unpaired) electrons. The lowest BCUT2D eigenvalue weighted by Gasteiger charge is -2.18. The number of aromatic nitrogens is 2. The molecule has 4 unspecified atom stereocenters. The molecule has 158 valence electrons. The minimum Gasteiger partial charge on any atom is -0.441 e. The van der Waals surface area contributed by atoms with Gasteiger partial charge in [-0.25, -0.2) is 14.8 Å². The number of ether oxygens (including phenoxy) is 3. The quantitative estimate of drug-likeness (QED) is 0.774. The molecule has 2 aromatic rings. The molecule has 0 bridgehead atoms. The minimum absolute atomic E-state index is 0.204. The molecule has 9 heteroatoms. The molecule has 3 heterocycles. The van der Waals surface area contributed by atoms with Crippen molar-refractivity contribution in [2.45, 2.75) is 44.1 Å². The Bertz CT molecular complexity index is 890. The standard InChI is InChI=1S/C21H24N4O5/c1-12(2)13-3-5-15(6-4-13)24-21(27)30-17-10-29-18-16(9-28-19(17)18)25-20(26)14-7-22-11-23-8-14/h3-8,11-12,16-19H,9-10H2,1-2H3,(H,24,27)(H,25,26). The third-order valence-corrected chi connectivity index (χ3v) is 5.23. The highest BCUT2D eigenvalue weighted by molar-refractivity contribution is 5.93. The number of carbonyl (C=O) groups excluding carboxylic acids is 2. The zero-order valence-corrected chi connectivity index (χ0v) is 16.8. The van der Waals surface area contributed by atoms with E-state index in [0.717, 1.165) is 0 Å². The number of anilines is 1. The van der Waals surface area contributed by atoms with Gasteiger partial charge in [0.15, 0.2) is 6.10 Å². The van der Waals surface area contributed by atoms with Crippen molar-refractivity contribution in [1.82, 2.24) is 15.3 Å². The van der Waals surface area contributed by atoms with Gasteiger partial charge in [0.2, 0.25) is 0 Å². The Morgan fingerprint density at radius 2 is 1.77 bits per heavy atom. The Morgan fingerprint density at radius 1 is 1.07 bits per heavy atom. The van der Waals surface area contributed by atoms with E-state index in [4.69, 9.17) is 14.2 Å². The lowest BCUT2D eigenvalue weighted by atomic mass is 10.0. The van der Waals surface area contributed by atoms with Crippen molar-refractivity contribution in [3.8, 4) is 0 Å². The Kier molecular flexibility index (Phi) is 5.91. The fraction of sp³-hybridized carbons (Fsp3) is 0.429. The van der Waals surface area contributed by atoms with Gasteiger partial charge in [0.1, 0.15) is 18.5 Å². The van der Waals surface area contributed by atoms with Crippen LogP contribution >= 0.6 is 0 Å². The lowest BCUT2D eigenvalue weighted by Crippen LogP contribution is -2.44. The highest BCUT2D eigenvalue weighted by atomic mass is 16.6. The molecule has 0 saturated carbocycles. The number of benzene rings is 1. The third kappa shape index (κ3) is 4.42. The molecule has 2 amide bonds. The summed E-state index contributed by atoms with van der Waals surface area (Å²) < 4.78 is 17.0. The van der Waals surface area contributed by atoms with Gasteiger partial charge in [-0.1, -0.05) is 26.0 Å². The van der Waals surface area contributed by atoms with Gasteiger partial charge in [-0.2, -0.15) is 0 Å². The van der Waals surface area contributed by atoms with Crippen LogP contribution in [0.15, 0.2) is 43.0 Å². The summed E-state index contributed by atoms with van der Waals surface area (Å²) in [7, 11) is 0. The number of rotatable bonds is 5. The summed E-state index contributed by atoms with van der Waals surface area (Å²) in [5, 5.41) is 5.59. The Hall–Kier alpha value is -3.04. The molecule has 9 nitrogen and oxygen atoms in total. The van der Waals surface area contributed by atoms with Crippen LogP contribution < -0.4 is 10.6 Å². The molecule has 1 aromatic heterocycles. The van der Waals surface area contributed by atoms with Crippen LogP contribution in [0.2, 0.25) is 0 Å². The van der Waals surface area contributed by atoms with Gasteiger partial charge in [0.25, 0.3) is 5.91 Å². The van der Waals surface area contributed by atoms with Gasteiger partial charge in [-0.15, -0.1) is 0 Å². The first-order valence-electron chi connectivity index (χ1n) is 9.88. The second-order valence-corrected chi connectivity index (χ2v) is 7.65. The van der Waals surface area contributed by atoms with Crippen molar-refractivity contribution in [3.63, 3.8) is 0 Å². The van der Waals surface area contributed by atoms with Crippen molar-refractivity contribution < 1.29 is 23.8 Å². The van der Waals surface area contributed by atoms with Gasteiger partial charge in [-0.3, -0.25) is 10.1 Å². The van der Waals surface area contributed by atoms with Crippen LogP contribution in [0.5, 0.6) is 0 Å². The van der Waals surface area contributed by atoms with Crippen LogP contribution in [-0.4, -0.2) is 59.5 Å². The van der Waals surface area contributed by atoms with Gasteiger partial charge < -0.3 is 19.5 Å².